The Morgan fingerprint density at radius 2 is 1.69 bits per heavy atom. The zero-order valence-electron chi connectivity index (χ0n) is 20.2. The summed E-state index contributed by atoms with van der Waals surface area (Å²) in [6.45, 7) is -0.0369. The van der Waals surface area contributed by atoms with E-state index in [4.69, 9.17) is 27.9 Å². The minimum absolute atomic E-state index is 0.0585. The SMILES string of the molecule is O=C(NO)C1c2c([nH]n(-c3ccccc3)c2=O)CCN1S(=O)(=O)c1ccc(OCc2c(Cl)cccc2Cl)cc1. The quantitative estimate of drug-likeness (QED) is 0.222. The summed E-state index contributed by atoms with van der Waals surface area (Å²) in [7, 11) is -4.28. The van der Waals surface area contributed by atoms with Gasteiger partial charge in [0.2, 0.25) is 10.0 Å². The lowest BCUT2D eigenvalue weighted by atomic mass is 10.0. The monoisotopic (exact) mass is 588 g/mol. The van der Waals surface area contributed by atoms with Crippen molar-refractivity contribution < 1.29 is 23.2 Å². The molecule has 0 aliphatic carbocycles. The van der Waals surface area contributed by atoms with Crippen LogP contribution in [0.1, 0.15) is 22.9 Å². The Hall–Kier alpha value is -3.61. The fourth-order valence-corrected chi connectivity index (χ4v) is 6.54. The Morgan fingerprint density at radius 1 is 1.03 bits per heavy atom. The Bertz CT molecular complexity index is 1670. The van der Waals surface area contributed by atoms with Crippen LogP contribution < -0.4 is 15.8 Å². The minimum Gasteiger partial charge on any atom is -0.489 e. The average Bonchev–Trinajstić information content (AvgIpc) is 3.29. The van der Waals surface area contributed by atoms with Gasteiger partial charge in [0.15, 0.2) is 0 Å². The number of hydroxylamine groups is 1. The normalized spacial score (nSPS) is 15.5. The molecule has 4 aromatic rings. The first kappa shape index (κ1) is 27.0. The Balaban J connectivity index is 1.44. The molecule has 0 fully saturated rings. The molecule has 1 aromatic heterocycles. The lowest BCUT2D eigenvalue weighted by Crippen LogP contribution is -2.48. The summed E-state index contributed by atoms with van der Waals surface area (Å²) >= 11 is 12.4. The standard InChI is InChI=1S/C26H22Cl2N4O6S/c27-20-7-4-8-21(28)19(20)15-38-17-9-11-18(12-10-17)39(36,37)31-14-13-22-23(24(31)25(33)30-35)26(34)32(29-22)16-5-2-1-3-6-16/h1-12,24,29,35H,13-15H2,(H,30,33). The lowest BCUT2D eigenvalue weighted by molar-refractivity contribution is -0.133. The maximum absolute atomic E-state index is 13.7. The lowest BCUT2D eigenvalue weighted by Gasteiger charge is -2.32. The van der Waals surface area contributed by atoms with Crippen molar-refractivity contribution in [3.63, 3.8) is 0 Å². The molecule has 1 aliphatic heterocycles. The largest absolute Gasteiger partial charge is 0.489 e. The van der Waals surface area contributed by atoms with Gasteiger partial charge in [0.1, 0.15) is 18.4 Å². The van der Waals surface area contributed by atoms with Gasteiger partial charge in [-0.05, 0) is 48.5 Å². The highest BCUT2D eigenvalue weighted by Gasteiger charge is 2.43. The van der Waals surface area contributed by atoms with Gasteiger partial charge in [-0.25, -0.2) is 18.6 Å². The topological polar surface area (TPSA) is 134 Å². The van der Waals surface area contributed by atoms with E-state index in [1.807, 2.05) is 0 Å². The molecule has 5 rings (SSSR count). The van der Waals surface area contributed by atoms with Gasteiger partial charge in [0.05, 0.1) is 16.1 Å². The molecule has 0 saturated carbocycles. The number of carbonyl (C=O) groups excluding carboxylic acids is 1. The third-order valence-electron chi connectivity index (χ3n) is 6.40. The van der Waals surface area contributed by atoms with Crippen molar-refractivity contribution in [2.75, 3.05) is 6.54 Å². The van der Waals surface area contributed by atoms with Crippen LogP contribution >= 0.6 is 23.2 Å². The van der Waals surface area contributed by atoms with Crippen LogP contribution in [0.25, 0.3) is 5.69 Å². The number of nitrogens with one attached hydrogen (secondary N) is 2. The predicted octanol–water partition coefficient (Wildman–Crippen LogP) is 3.84. The second kappa shape index (κ2) is 10.9. The molecular formula is C26H22Cl2N4O6S. The molecular weight excluding hydrogens is 567 g/mol. The van der Waals surface area contributed by atoms with Gasteiger partial charge in [0, 0.05) is 34.3 Å². The number of amides is 1. The van der Waals surface area contributed by atoms with E-state index in [-0.39, 0.29) is 30.0 Å². The summed E-state index contributed by atoms with van der Waals surface area (Å²) in [5, 5.41) is 13.3. The van der Waals surface area contributed by atoms with Gasteiger partial charge in [-0.3, -0.25) is 19.9 Å². The van der Waals surface area contributed by atoms with Crippen molar-refractivity contribution in [1.82, 2.24) is 19.6 Å². The number of aromatic amines is 1. The summed E-state index contributed by atoms with van der Waals surface area (Å²) in [5.74, 6) is -0.681. The average molecular weight is 589 g/mol. The first-order chi connectivity index (χ1) is 18.7. The molecule has 202 valence electrons. The maximum Gasteiger partial charge on any atom is 0.276 e. The number of fused-ring (bicyclic) bond motifs is 1. The molecule has 0 bridgehead atoms. The highest BCUT2D eigenvalue weighted by atomic mass is 35.5. The number of sulfonamides is 1. The summed E-state index contributed by atoms with van der Waals surface area (Å²) in [4.78, 5) is 26.0. The van der Waals surface area contributed by atoms with Crippen LogP contribution in [0.5, 0.6) is 5.75 Å². The number of H-pyrrole nitrogens is 1. The highest BCUT2D eigenvalue weighted by molar-refractivity contribution is 7.89. The van der Waals surface area contributed by atoms with Crippen LogP contribution in [0, 0.1) is 0 Å². The number of halogens is 2. The fourth-order valence-electron chi connectivity index (χ4n) is 4.47. The van der Waals surface area contributed by atoms with Crippen molar-refractivity contribution >= 4 is 39.1 Å². The number of nitrogens with zero attached hydrogens (tertiary/aromatic N) is 2. The van der Waals surface area contributed by atoms with Crippen LogP contribution in [0.4, 0.5) is 0 Å². The number of hydrogen-bond acceptors (Lipinski definition) is 6. The van der Waals surface area contributed by atoms with Crippen LogP contribution in [-0.2, 0) is 27.8 Å². The molecule has 0 saturated heterocycles. The number of ether oxygens (including phenoxy) is 1. The minimum atomic E-state index is -4.28. The van der Waals surface area contributed by atoms with Crippen molar-refractivity contribution in [3.8, 4) is 11.4 Å². The number of aromatic nitrogens is 2. The first-order valence-corrected chi connectivity index (χ1v) is 13.9. The molecule has 10 nitrogen and oxygen atoms in total. The van der Waals surface area contributed by atoms with Crippen molar-refractivity contribution in [2.45, 2.75) is 24.0 Å². The zero-order chi connectivity index (χ0) is 27.7. The molecule has 1 aliphatic rings. The van der Waals surface area contributed by atoms with Gasteiger partial charge in [-0.1, -0.05) is 47.5 Å². The van der Waals surface area contributed by atoms with E-state index >= 15 is 0 Å². The van der Waals surface area contributed by atoms with Crippen LogP contribution in [0.3, 0.4) is 0 Å². The van der Waals surface area contributed by atoms with Crippen molar-refractivity contribution in [1.29, 1.82) is 0 Å². The van der Waals surface area contributed by atoms with E-state index in [2.05, 4.69) is 5.10 Å². The third kappa shape index (κ3) is 5.07. The second-order valence-electron chi connectivity index (χ2n) is 8.68. The van der Waals surface area contributed by atoms with Crippen molar-refractivity contribution in [3.05, 3.63) is 110 Å². The summed E-state index contributed by atoms with van der Waals surface area (Å²) in [6.07, 6.45) is 0.151. The van der Waals surface area contributed by atoms with Crippen LogP contribution in [0.15, 0.2) is 82.5 Å². The molecule has 1 amide bonds. The molecule has 3 aromatic carbocycles. The smallest absolute Gasteiger partial charge is 0.276 e. The van der Waals surface area contributed by atoms with Gasteiger partial charge in [-0.15, -0.1) is 0 Å². The van der Waals surface area contributed by atoms with E-state index in [0.29, 0.717) is 32.7 Å². The first-order valence-electron chi connectivity index (χ1n) is 11.7. The van der Waals surface area contributed by atoms with E-state index in [9.17, 15) is 23.2 Å². The van der Waals surface area contributed by atoms with Gasteiger partial charge >= 0.3 is 0 Å². The van der Waals surface area contributed by atoms with E-state index in [1.54, 1.807) is 48.5 Å². The summed E-state index contributed by atoms with van der Waals surface area (Å²) < 4.78 is 35.2. The second-order valence-corrected chi connectivity index (χ2v) is 11.4. The molecule has 0 radical (unpaired) electrons. The number of benzene rings is 3. The Labute approximate surface area is 233 Å². The molecule has 1 unspecified atom stereocenters. The Morgan fingerprint density at radius 3 is 2.33 bits per heavy atom. The Kier molecular flexibility index (Phi) is 7.52. The molecule has 2 heterocycles. The molecule has 3 N–H and O–H groups in total. The maximum atomic E-state index is 13.7. The third-order valence-corrected chi connectivity index (χ3v) is 8.98. The predicted molar refractivity (Wildman–Crippen MR) is 144 cm³/mol. The molecule has 1 atom stereocenters. The zero-order valence-corrected chi connectivity index (χ0v) is 22.5. The molecule has 0 spiro atoms. The van der Waals surface area contributed by atoms with Crippen LogP contribution in [0.2, 0.25) is 10.0 Å². The number of para-hydroxylation sites is 1. The number of rotatable bonds is 7. The summed E-state index contributed by atoms with van der Waals surface area (Å²) in [5.41, 5.74) is 2.37. The van der Waals surface area contributed by atoms with Gasteiger partial charge in [0.25, 0.3) is 11.5 Å². The van der Waals surface area contributed by atoms with E-state index < -0.39 is 27.5 Å². The summed E-state index contributed by atoms with van der Waals surface area (Å²) in [6, 6.07) is 17.8. The number of hydrogen-bond donors (Lipinski definition) is 3. The molecule has 13 heteroatoms. The van der Waals surface area contributed by atoms with Gasteiger partial charge in [-0.2, -0.15) is 4.31 Å². The van der Waals surface area contributed by atoms with Gasteiger partial charge < -0.3 is 4.74 Å². The van der Waals surface area contributed by atoms with Crippen LogP contribution in [-0.4, -0.2) is 40.2 Å². The number of carbonyl (C=O) groups is 1. The fraction of sp³-hybridized carbons (Fsp3) is 0.154. The highest BCUT2D eigenvalue weighted by Crippen LogP contribution is 2.33. The van der Waals surface area contributed by atoms with E-state index in [0.717, 1.165) is 4.31 Å². The molecule has 39 heavy (non-hydrogen) atoms. The van der Waals surface area contributed by atoms with Crippen molar-refractivity contribution in [2.24, 2.45) is 0 Å². The van der Waals surface area contributed by atoms with E-state index in [1.165, 1.54) is 34.4 Å².